The van der Waals surface area contributed by atoms with E-state index in [0.717, 1.165) is 0 Å². The van der Waals surface area contributed by atoms with Crippen molar-refractivity contribution < 1.29 is 19.8 Å². The van der Waals surface area contributed by atoms with E-state index in [4.69, 9.17) is 16.7 Å². The van der Waals surface area contributed by atoms with Gasteiger partial charge in [-0.05, 0) is 52.3 Å². The highest BCUT2D eigenvalue weighted by atomic mass is 79.9. The third-order valence-electron chi connectivity index (χ3n) is 2.67. The van der Waals surface area contributed by atoms with Crippen molar-refractivity contribution in [2.24, 2.45) is 0 Å². The SMILES string of the molecule is O=C(Nc1ccc(O)c(C(=O)O)c1)c1ccc(Cl)c(Br)c1. The number of hydrogen-bond acceptors (Lipinski definition) is 3. The molecule has 0 radical (unpaired) electrons. The Morgan fingerprint density at radius 2 is 1.86 bits per heavy atom. The van der Waals surface area contributed by atoms with E-state index >= 15 is 0 Å². The molecule has 7 heteroatoms. The van der Waals surface area contributed by atoms with Crippen LogP contribution in [0.15, 0.2) is 40.9 Å². The van der Waals surface area contributed by atoms with Gasteiger partial charge in [0.1, 0.15) is 11.3 Å². The van der Waals surface area contributed by atoms with Crippen molar-refractivity contribution in [3.05, 3.63) is 57.0 Å². The van der Waals surface area contributed by atoms with E-state index in [-0.39, 0.29) is 17.0 Å². The highest BCUT2D eigenvalue weighted by Gasteiger charge is 2.13. The first-order valence-electron chi connectivity index (χ1n) is 5.71. The van der Waals surface area contributed by atoms with Crippen LogP contribution in [0.4, 0.5) is 5.69 Å². The molecule has 3 N–H and O–H groups in total. The summed E-state index contributed by atoms with van der Waals surface area (Å²) >= 11 is 9.06. The van der Waals surface area contributed by atoms with Gasteiger partial charge in [-0.1, -0.05) is 11.6 Å². The van der Waals surface area contributed by atoms with Crippen LogP contribution in [0.3, 0.4) is 0 Å². The summed E-state index contributed by atoms with van der Waals surface area (Å²) in [5.74, 6) is -2.07. The minimum atomic E-state index is -1.28. The van der Waals surface area contributed by atoms with Crippen LogP contribution < -0.4 is 5.32 Å². The Kier molecular flexibility index (Phi) is 4.50. The van der Waals surface area contributed by atoms with Crippen LogP contribution in [-0.4, -0.2) is 22.1 Å². The van der Waals surface area contributed by atoms with E-state index in [9.17, 15) is 14.7 Å². The summed E-state index contributed by atoms with van der Waals surface area (Å²) in [6.45, 7) is 0. The molecule has 0 fully saturated rings. The second-order valence-electron chi connectivity index (χ2n) is 4.12. The molecule has 0 aromatic heterocycles. The summed E-state index contributed by atoms with van der Waals surface area (Å²) in [4.78, 5) is 23.0. The van der Waals surface area contributed by atoms with Crippen molar-refractivity contribution in [3.63, 3.8) is 0 Å². The van der Waals surface area contributed by atoms with E-state index in [2.05, 4.69) is 21.2 Å². The molecule has 1 amide bonds. The molecular formula is C14H9BrClNO4. The molecule has 2 aromatic rings. The fourth-order valence-electron chi connectivity index (χ4n) is 1.63. The molecule has 0 atom stereocenters. The van der Waals surface area contributed by atoms with Crippen molar-refractivity contribution >= 4 is 45.1 Å². The molecule has 0 heterocycles. The van der Waals surface area contributed by atoms with Gasteiger partial charge in [0.25, 0.3) is 5.91 Å². The minimum absolute atomic E-state index is 0.265. The summed E-state index contributed by atoms with van der Waals surface area (Å²) in [5.41, 5.74) is 0.336. The number of benzene rings is 2. The van der Waals surface area contributed by atoms with Crippen molar-refractivity contribution in [2.75, 3.05) is 5.32 Å². The number of carbonyl (C=O) groups is 2. The van der Waals surface area contributed by atoms with E-state index in [1.54, 1.807) is 18.2 Å². The van der Waals surface area contributed by atoms with Gasteiger partial charge in [-0.3, -0.25) is 4.79 Å². The normalized spacial score (nSPS) is 10.2. The Morgan fingerprint density at radius 3 is 2.48 bits per heavy atom. The average Bonchev–Trinajstić information content (AvgIpc) is 2.43. The fraction of sp³-hybridized carbons (Fsp3) is 0. The molecule has 0 aliphatic rings. The Morgan fingerprint density at radius 1 is 1.14 bits per heavy atom. The molecule has 0 spiro atoms. The number of carboxylic acid groups (broad SMARTS) is 1. The van der Waals surface area contributed by atoms with Gasteiger partial charge in [-0.15, -0.1) is 0 Å². The number of hydrogen-bond donors (Lipinski definition) is 3. The molecule has 2 rings (SSSR count). The zero-order valence-corrected chi connectivity index (χ0v) is 12.8. The molecular weight excluding hydrogens is 362 g/mol. The lowest BCUT2D eigenvalue weighted by Gasteiger charge is -2.08. The molecule has 0 bridgehead atoms. The fourth-order valence-corrected chi connectivity index (χ4v) is 2.12. The number of aromatic carboxylic acids is 1. The van der Waals surface area contributed by atoms with Crippen LogP contribution >= 0.6 is 27.5 Å². The van der Waals surface area contributed by atoms with Gasteiger partial charge < -0.3 is 15.5 Å². The zero-order chi connectivity index (χ0) is 15.6. The first-order chi connectivity index (χ1) is 9.88. The number of anilines is 1. The Hall–Kier alpha value is -2.05. The van der Waals surface area contributed by atoms with Crippen LogP contribution in [0.5, 0.6) is 5.75 Å². The minimum Gasteiger partial charge on any atom is -0.507 e. The molecule has 108 valence electrons. The maximum absolute atomic E-state index is 12.1. The molecule has 2 aromatic carbocycles. The summed E-state index contributed by atoms with van der Waals surface area (Å²) in [6.07, 6.45) is 0. The first-order valence-corrected chi connectivity index (χ1v) is 6.88. The van der Waals surface area contributed by atoms with Crippen molar-refractivity contribution in [1.82, 2.24) is 0 Å². The molecule has 21 heavy (non-hydrogen) atoms. The van der Waals surface area contributed by atoms with Gasteiger partial charge >= 0.3 is 5.97 Å². The van der Waals surface area contributed by atoms with Gasteiger partial charge in [0, 0.05) is 15.7 Å². The number of halogens is 2. The number of phenols is 1. The number of amides is 1. The standard InChI is InChI=1S/C14H9BrClNO4/c15-10-5-7(1-3-11(10)16)13(19)17-8-2-4-12(18)9(6-8)14(20)21/h1-6,18H,(H,17,19)(H,20,21). The summed E-state index contributed by atoms with van der Waals surface area (Å²) in [5, 5.41) is 21.3. The van der Waals surface area contributed by atoms with Crippen molar-refractivity contribution in [1.29, 1.82) is 0 Å². The lowest BCUT2D eigenvalue weighted by molar-refractivity contribution is 0.0693. The Balaban J connectivity index is 2.25. The topological polar surface area (TPSA) is 86.6 Å². The average molecular weight is 371 g/mol. The van der Waals surface area contributed by atoms with Crippen LogP contribution in [-0.2, 0) is 0 Å². The lowest BCUT2D eigenvalue weighted by Crippen LogP contribution is -2.12. The molecule has 0 saturated carbocycles. The predicted octanol–water partition coefficient (Wildman–Crippen LogP) is 3.76. The summed E-state index contributed by atoms with van der Waals surface area (Å²) in [7, 11) is 0. The summed E-state index contributed by atoms with van der Waals surface area (Å²) in [6, 6.07) is 8.46. The van der Waals surface area contributed by atoms with Crippen LogP contribution in [0, 0.1) is 0 Å². The van der Waals surface area contributed by atoms with Crippen LogP contribution in [0.1, 0.15) is 20.7 Å². The van der Waals surface area contributed by atoms with E-state index in [0.29, 0.717) is 15.1 Å². The molecule has 0 aliphatic carbocycles. The van der Waals surface area contributed by atoms with Gasteiger partial charge in [0.05, 0.1) is 5.02 Å². The Bertz CT molecular complexity index is 733. The number of carboxylic acids is 1. The molecule has 0 aliphatic heterocycles. The number of rotatable bonds is 3. The van der Waals surface area contributed by atoms with Crippen LogP contribution in [0.25, 0.3) is 0 Å². The molecule has 0 saturated heterocycles. The zero-order valence-electron chi connectivity index (χ0n) is 10.4. The highest BCUT2D eigenvalue weighted by Crippen LogP contribution is 2.25. The number of aromatic hydroxyl groups is 1. The monoisotopic (exact) mass is 369 g/mol. The second-order valence-corrected chi connectivity index (χ2v) is 5.38. The maximum Gasteiger partial charge on any atom is 0.339 e. The third kappa shape index (κ3) is 3.53. The lowest BCUT2D eigenvalue weighted by atomic mass is 10.1. The van der Waals surface area contributed by atoms with Gasteiger partial charge in [-0.2, -0.15) is 0 Å². The largest absolute Gasteiger partial charge is 0.507 e. The summed E-state index contributed by atoms with van der Waals surface area (Å²) < 4.78 is 0.578. The molecule has 0 unspecified atom stereocenters. The van der Waals surface area contributed by atoms with Crippen molar-refractivity contribution in [3.8, 4) is 5.75 Å². The van der Waals surface area contributed by atoms with Gasteiger partial charge in [0.15, 0.2) is 0 Å². The van der Waals surface area contributed by atoms with E-state index < -0.39 is 11.9 Å². The van der Waals surface area contributed by atoms with E-state index in [1.807, 2.05) is 0 Å². The second kappa shape index (κ2) is 6.15. The first kappa shape index (κ1) is 15.3. The number of nitrogens with one attached hydrogen (secondary N) is 1. The Labute approximate surface area is 133 Å². The van der Waals surface area contributed by atoms with Crippen LogP contribution in [0.2, 0.25) is 5.02 Å². The smallest absolute Gasteiger partial charge is 0.339 e. The van der Waals surface area contributed by atoms with Crippen molar-refractivity contribution in [2.45, 2.75) is 0 Å². The maximum atomic E-state index is 12.1. The van der Waals surface area contributed by atoms with Gasteiger partial charge in [-0.25, -0.2) is 4.79 Å². The third-order valence-corrected chi connectivity index (χ3v) is 3.88. The quantitative estimate of drug-likeness (QED) is 0.718. The molecule has 5 nitrogen and oxygen atoms in total. The predicted molar refractivity (Wildman–Crippen MR) is 82.2 cm³/mol. The van der Waals surface area contributed by atoms with Gasteiger partial charge in [0.2, 0.25) is 0 Å². The highest BCUT2D eigenvalue weighted by molar-refractivity contribution is 9.10. The van der Waals surface area contributed by atoms with E-state index in [1.165, 1.54) is 18.2 Å². The number of carbonyl (C=O) groups excluding carboxylic acids is 1.